The summed E-state index contributed by atoms with van der Waals surface area (Å²) in [4.78, 5) is 35.2. The average Bonchev–Trinajstić information content (AvgIpc) is 2.98. The summed E-state index contributed by atoms with van der Waals surface area (Å²) in [5.74, 6) is 0.160. The fraction of sp³-hybridized carbons (Fsp3) is 0.409. The number of hydrogen-bond donors (Lipinski definition) is 0. The molecule has 0 amide bonds. The lowest BCUT2D eigenvalue weighted by atomic mass is 10.0. The number of ether oxygens (including phenoxy) is 1. The van der Waals surface area contributed by atoms with Crippen LogP contribution in [0, 0.1) is 0 Å². The molecule has 3 aromatic rings. The first-order valence-electron chi connectivity index (χ1n) is 9.73. The Morgan fingerprint density at radius 1 is 1.10 bits per heavy atom. The molecule has 0 unspecified atom stereocenters. The first-order chi connectivity index (χ1) is 14.0. The van der Waals surface area contributed by atoms with Crippen LogP contribution in [0.2, 0.25) is 0 Å². The fourth-order valence-electron chi connectivity index (χ4n) is 3.10. The minimum atomic E-state index is -0.588. The molecule has 8 nitrogen and oxygen atoms in total. The van der Waals surface area contributed by atoms with Crippen molar-refractivity contribution < 1.29 is 14.3 Å². The second-order valence-electron chi connectivity index (χ2n) is 8.51. The molecule has 0 N–H and O–H groups in total. The van der Waals surface area contributed by atoms with Crippen LogP contribution in [0.15, 0.2) is 30.6 Å². The maximum Gasteiger partial charge on any atom is 0.328 e. The van der Waals surface area contributed by atoms with Crippen LogP contribution in [0.1, 0.15) is 44.0 Å². The van der Waals surface area contributed by atoms with E-state index >= 15 is 0 Å². The van der Waals surface area contributed by atoms with Crippen LogP contribution in [-0.4, -0.2) is 56.1 Å². The van der Waals surface area contributed by atoms with E-state index in [9.17, 15) is 9.59 Å². The van der Waals surface area contributed by atoms with Crippen LogP contribution in [0.4, 0.5) is 0 Å². The summed E-state index contributed by atoms with van der Waals surface area (Å²) in [6, 6.07) is 5.64. The molecule has 0 atom stereocenters. The zero-order valence-corrected chi connectivity index (χ0v) is 18.3. The summed E-state index contributed by atoms with van der Waals surface area (Å²) in [5.41, 5.74) is 2.14. The minimum Gasteiger partial charge on any atom is -0.459 e. The Morgan fingerprint density at radius 2 is 1.77 bits per heavy atom. The normalized spacial score (nSPS) is 11.8. The van der Waals surface area contributed by atoms with Crippen LogP contribution < -0.4 is 0 Å². The van der Waals surface area contributed by atoms with E-state index in [0.717, 1.165) is 17.0 Å². The molecule has 0 saturated carbocycles. The Labute approximate surface area is 175 Å². The summed E-state index contributed by atoms with van der Waals surface area (Å²) >= 11 is 0. The third-order valence-corrected chi connectivity index (χ3v) is 4.28. The van der Waals surface area contributed by atoms with E-state index in [1.807, 2.05) is 58.0 Å². The van der Waals surface area contributed by atoms with E-state index in [2.05, 4.69) is 15.1 Å². The first kappa shape index (κ1) is 21.6. The third kappa shape index (κ3) is 5.07. The highest BCUT2D eigenvalue weighted by Crippen LogP contribution is 2.27. The molecule has 0 aliphatic carbocycles. The van der Waals surface area contributed by atoms with Gasteiger partial charge in [-0.25, -0.2) is 9.97 Å². The van der Waals surface area contributed by atoms with Crippen molar-refractivity contribution in [2.45, 2.75) is 46.4 Å². The van der Waals surface area contributed by atoms with E-state index < -0.39 is 11.6 Å². The number of nitrogens with zero attached hydrogens (tertiary/aromatic N) is 5. The molecule has 30 heavy (non-hydrogen) atoms. The maximum atomic E-state index is 12.3. The summed E-state index contributed by atoms with van der Waals surface area (Å²) in [6.45, 7) is 7.49. The molecule has 2 heterocycles. The van der Waals surface area contributed by atoms with Gasteiger partial charge >= 0.3 is 5.97 Å². The zero-order chi connectivity index (χ0) is 22.1. The van der Waals surface area contributed by atoms with Crippen molar-refractivity contribution in [2.24, 2.45) is 0 Å². The van der Waals surface area contributed by atoms with Crippen LogP contribution in [0.5, 0.6) is 0 Å². The van der Waals surface area contributed by atoms with Gasteiger partial charge in [0.25, 0.3) is 0 Å². The number of Topliss-reactive ketones (excluding diaryl/α,β-unsaturated/α-hetero) is 1. The van der Waals surface area contributed by atoms with Crippen LogP contribution in [-0.2, 0) is 22.6 Å². The molecular weight excluding hydrogens is 382 g/mol. The summed E-state index contributed by atoms with van der Waals surface area (Å²) in [6.07, 6.45) is 3.54. The highest BCUT2D eigenvalue weighted by molar-refractivity contribution is 6.06. The largest absolute Gasteiger partial charge is 0.459 e. The number of hydrogen-bond acceptors (Lipinski definition) is 7. The Kier molecular flexibility index (Phi) is 5.98. The molecular formula is C22H27N5O3. The molecule has 0 fully saturated rings. The van der Waals surface area contributed by atoms with E-state index in [1.54, 1.807) is 12.4 Å². The smallest absolute Gasteiger partial charge is 0.328 e. The van der Waals surface area contributed by atoms with Crippen molar-refractivity contribution in [2.75, 3.05) is 14.1 Å². The zero-order valence-electron chi connectivity index (χ0n) is 18.3. The van der Waals surface area contributed by atoms with Crippen molar-refractivity contribution in [1.82, 2.24) is 24.6 Å². The number of ketones is 1. The van der Waals surface area contributed by atoms with Crippen molar-refractivity contribution >= 4 is 22.7 Å². The predicted octanol–water partition coefficient (Wildman–Crippen LogP) is 3.10. The second kappa shape index (κ2) is 8.31. The number of rotatable bonds is 6. The fourth-order valence-corrected chi connectivity index (χ4v) is 3.10. The average molecular weight is 409 g/mol. The predicted molar refractivity (Wildman–Crippen MR) is 114 cm³/mol. The molecule has 158 valence electrons. The Bertz CT molecular complexity index is 1080. The topological polar surface area (TPSA) is 90.2 Å². The summed E-state index contributed by atoms with van der Waals surface area (Å²) in [5, 5.41) is 5.05. The number of fused-ring (bicyclic) bond motifs is 1. The Hall–Kier alpha value is -3.13. The standard InChI is InChI=1S/C22H27N5O3/c1-14(28)21-17-9-15(16-10-23-19(24-11-16)12-26(5)6)7-8-18(17)27(25-21)13-20(29)30-22(2,3)4/h7-11H,12-13H2,1-6H3. The van der Waals surface area contributed by atoms with Gasteiger partial charge in [-0.15, -0.1) is 0 Å². The molecule has 0 aliphatic heterocycles. The summed E-state index contributed by atoms with van der Waals surface area (Å²) in [7, 11) is 3.92. The van der Waals surface area contributed by atoms with E-state index in [-0.39, 0.29) is 12.3 Å². The number of aromatic nitrogens is 4. The third-order valence-electron chi connectivity index (χ3n) is 4.28. The molecule has 0 radical (unpaired) electrons. The highest BCUT2D eigenvalue weighted by atomic mass is 16.6. The van der Waals surface area contributed by atoms with Gasteiger partial charge in [-0.2, -0.15) is 5.10 Å². The van der Waals surface area contributed by atoms with Gasteiger partial charge in [-0.05, 0) is 52.6 Å². The molecule has 8 heteroatoms. The summed E-state index contributed by atoms with van der Waals surface area (Å²) < 4.78 is 6.90. The quantitative estimate of drug-likeness (QED) is 0.456. The molecule has 0 spiro atoms. The Morgan fingerprint density at radius 3 is 2.33 bits per heavy atom. The van der Waals surface area contributed by atoms with E-state index in [4.69, 9.17) is 4.74 Å². The monoisotopic (exact) mass is 409 g/mol. The van der Waals surface area contributed by atoms with Gasteiger partial charge in [0.05, 0.1) is 12.1 Å². The van der Waals surface area contributed by atoms with E-state index in [1.165, 1.54) is 11.6 Å². The molecule has 2 aromatic heterocycles. The number of esters is 1. The van der Waals surface area contributed by atoms with Gasteiger partial charge < -0.3 is 9.64 Å². The highest BCUT2D eigenvalue weighted by Gasteiger charge is 2.20. The van der Waals surface area contributed by atoms with Crippen molar-refractivity contribution in [3.63, 3.8) is 0 Å². The maximum absolute atomic E-state index is 12.3. The lowest BCUT2D eigenvalue weighted by Crippen LogP contribution is -2.26. The minimum absolute atomic E-state index is 0.0667. The van der Waals surface area contributed by atoms with Gasteiger partial charge in [-0.3, -0.25) is 14.3 Å². The molecule has 3 rings (SSSR count). The van der Waals surface area contributed by atoms with Gasteiger partial charge in [0, 0.05) is 30.3 Å². The molecule has 1 aromatic carbocycles. The lowest BCUT2D eigenvalue weighted by Gasteiger charge is -2.19. The molecule has 0 bridgehead atoms. The van der Waals surface area contributed by atoms with Crippen LogP contribution >= 0.6 is 0 Å². The SMILES string of the molecule is CC(=O)c1nn(CC(=O)OC(C)(C)C)c2ccc(-c3cnc(CN(C)C)nc3)cc12. The van der Waals surface area contributed by atoms with E-state index in [0.29, 0.717) is 23.1 Å². The second-order valence-corrected chi connectivity index (χ2v) is 8.51. The number of carbonyl (C=O) groups is 2. The van der Waals surface area contributed by atoms with Crippen LogP contribution in [0.3, 0.4) is 0 Å². The van der Waals surface area contributed by atoms with Gasteiger partial charge in [-0.1, -0.05) is 6.07 Å². The van der Waals surface area contributed by atoms with Gasteiger partial charge in [0.1, 0.15) is 23.7 Å². The van der Waals surface area contributed by atoms with Crippen molar-refractivity contribution in [3.05, 3.63) is 42.1 Å². The molecule has 0 saturated heterocycles. The van der Waals surface area contributed by atoms with Gasteiger partial charge in [0.2, 0.25) is 0 Å². The van der Waals surface area contributed by atoms with Crippen LogP contribution in [0.25, 0.3) is 22.0 Å². The van der Waals surface area contributed by atoms with Crippen molar-refractivity contribution in [1.29, 1.82) is 0 Å². The lowest BCUT2D eigenvalue weighted by molar-refractivity contribution is -0.155. The van der Waals surface area contributed by atoms with Gasteiger partial charge in [0.15, 0.2) is 5.78 Å². The Balaban J connectivity index is 1.96. The number of benzene rings is 1. The molecule has 0 aliphatic rings. The van der Waals surface area contributed by atoms with Crippen molar-refractivity contribution in [3.8, 4) is 11.1 Å². The first-order valence-corrected chi connectivity index (χ1v) is 9.73. The number of carbonyl (C=O) groups excluding carboxylic acids is 2.